The molecule has 0 spiro atoms. The molecule has 0 saturated heterocycles. The summed E-state index contributed by atoms with van der Waals surface area (Å²) in [5, 5.41) is 14.8. The number of aryl methyl sites for hydroxylation is 1. The fraction of sp³-hybridized carbons (Fsp3) is 0.333. The molecular weight excluding hydrogens is 440 g/mol. The van der Waals surface area contributed by atoms with Crippen molar-refractivity contribution in [2.75, 3.05) is 10.6 Å². The molecule has 166 valence electrons. The second-order valence-electron chi connectivity index (χ2n) is 7.88. The van der Waals surface area contributed by atoms with Gasteiger partial charge in [0.1, 0.15) is 10.3 Å². The third kappa shape index (κ3) is 5.95. The predicted molar refractivity (Wildman–Crippen MR) is 130 cm³/mol. The van der Waals surface area contributed by atoms with Crippen molar-refractivity contribution >= 4 is 45.7 Å². The molecule has 3 aromatic rings. The Labute approximate surface area is 196 Å². The van der Waals surface area contributed by atoms with Crippen LogP contribution in [0.2, 0.25) is 0 Å². The summed E-state index contributed by atoms with van der Waals surface area (Å²) in [6, 6.07) is 17.4. The van der Waals surface area contributed by atoms with Crippen LogP contribution in [0, 0.1) is 12.8 Å². The molecule has 1 atom stereocenters. The summed E-state index contributed by atoms with van der Waals surface area (Å²) in [6.45, 7) is 1.85. The minimum atomic E-state index is -0.468. The van der Waals surface area contributed by atoms with Gasteiger partial charge in [-0.15, -0.1) is 22.0 Å². The second kappa shape index (κ2) is 10.7. The summed E-state index contributed by atoms with van der Waals surface area (Å²) in [5.41, 5.74) is 1.66. The van der Waals surface area contributed by atoms with Crippen LogP contribution in [0.4, 0.5) is 10.8 Å². The fourth-order valence-corrected chi connectivity index (χ4v) is 5.49. The summed E-state index contributed by atoms with van der Waals surface area (Å²) in [5.74, 6) is 0.0307. The van der Waals surface area contributed by atoms with Gasteiger partial charge in [-0.25, -0.2) is 0 Å². The lowest BCUT2D eigenvalue weighted by Gasteiger charge is -2.21. The van der Waals surface area contributed by atoms with Crippen LogP contribution >= 0.6 is 23.1 Å². The number of nitrogens with one attached hydrogen (secondary N) is 2. The topological polar surface area (TPSA) is 84.0 Å². The fourth-order valence-electron chi connectivity index (χ4n) is 3.81. The molecule has 1 heterocycles. The number of benzene rings is 2. The van der Waals surface area contributed by atoms with E-state index in [2.05, 4.69) is 20.8 Å². The van der Waals surface area contributed by atoms with Crippen LogP contribution in [0.1, 0.15) is 47.9 Å². The van der Waals surface area contributed by atoms with Crippen LogP contribution in [0.3, 0.4) is 0 Å². The molecule has 2 aromatic carbocycles. The Hall–Kier alpha value is -2.71. The van der Waals surface area contributed by atoms with Gasteiger partial charge < -0.3 is 5.32 Å². The van der Waals surface area contributed by atoms with E-state index in [-0.39, 0.29) is 17.7 Å². The number of carbonyl (C=O) groups excluding carboxylic acids is 2. The van der Waals surface area contributed by atoms with Gasteiger partial charge in [0.15, 0.2) is 0 Å². The zero-order valence-electron chi connectivity index (χ0n) is 17.9. The maximum absolute atomic E-state index is 13.1. The summed E-state index contributed by atoms with van der Waals surface area (Å²) < 4.78 is 0. The average Bonchev–Trinajstić information content (AvgIpc) is 3.23. The lowest BCUT2D eigenvalue weighted by atomic mass is 9.88. The molecule has 1 saturated carbocycles. The predicted octanol–water partition coefficient (Wildman–Crippen LogP) is 5.84. The minimum Gasteiger partial charge on any atom is -0.326 e. The third-order valence-corrected chi connectivity index (χ3v) is 7.43. The van der Waals surface area contributed by atoms with E-state index >= 15 is 0 Å². The Morgan fingerprint density at radius 3 is 2.50 bits per heavy atom. The summed E-state index contributed by atoms with van der Waals surface area (Å²) >= 11 is 2.79. The van der Waals surface area contributed by atoms with Crippen molar-refractivity contribution in [1.82, 2.24) is 10.2 Å². The van der Waals surface area contributed by atoms with Gasteiger partial charge in [0.2, 0.25) is 16.9 Å². The Bertz CT molecular complexity index is 1060. The number of anilines is 2. The first kappa shape index (κ1) is 22.5. The third-order valence-electron chi connectivity index (χ3n) is 5.43. The molecule has 32 heavy (non-hydrogen) atoms. The van der Waals surface area contributed by atoms with Crippen LogP contribution < -0.4 is 10.6 Å². The van der Waals surface area contributed by atoms with Gasteiger partial charge in [-0.2, -0.15) is 0 Å². The van der Waals surface area contributed by atoms with E-state index in [1.807, 2.05) is 61.5 Å². The van der Waals surface area contributed by atoms with Gasteiger partial charge in [-0.05, 0) is 43.5 Å². The monoisotopic (exact) mass is 466 g/mol. The zero-order valence-corrected chi connectivity index (χ0v) is 19.5. The van der Waals surface area contributed by atoms with Crippen molar-refractivity contribution in [2.45, 2.75) is 49.2 Å². The maximum atomic E-state index is 13.1. The van der Waals surface area contributed by atoms with Crippen molar-refractivity contribution in [2.24, 2.45) is 5.92 Å². The van der Waals surface area contributed by atoms with E-state index < -0.39 is 5.25 Å². The molecule has 6 nitrogen and oxygen atoms in total. The summed E-state index contributed by atoms with van der Waals surface area (Å²) in [7, 11) is 0. The van der Waals surface area contributed by atoms with Crippen molar-refractivity contribution in [1.29, 1.82) is 0 Å². The molecule has 1 fully saturated rings. The van der Waals surface area contributed by atoms with Gasteiger partial charge in [0, 0.05) is 16.5 Å². The van der Waals surface area contributed by atoms with Crippen LogP contribution in [-0.2, 0) is 9.59 Å². The summed E-state index contributed by atoms with van der Waals surface area (Å²) in [6.07, 6.45) is 5.38. The number of aromatic nitrogens is 2. The largest absolute Gasteiger partial charge is 0.326 e. The molecule has 1 aliphatic carbocycles. The van der Waals surface area contributed by atoms with Gasteiger partial charge >= 0.3 is 0 Å². The molecule has 1 unspecified atom stereocenters. The molecule has 4 rings (SSSR count). The highest BCUT2D eigenvalue weighted by molar-refractivity contribution is 8.00. The Morgan fingerprint density at radius 1 is 1.00 bits per heavy atom. The Kier molecular flexibility index (Phi) is 7.55. The van der Waals surface area contributed by atoms with Crippen LogP contribution in [0.15, 0.2) is 59.5 Å². The number of nitrogens with zero attached hydrogens (tertiary/aromatic N) is 2. The highest BCUT2D eigenvalue weighted by Crippen LogP contribution is 2.37. The smallest absolute Gasteiger partial charge is 0.244 e. The molecule has 1 aliphatic rings. The summed E-state index contributed by atoms with van der Waals surface area (Å²) in [4.78, 5) is 26.7. The lowest BCUT2D eigenvalue weighted by Crippen LogP contribution is -2.24. The first-order chi connectivity index (χ1) is 15.6. The quantitative estimate of drug-likeness (QED) is 0.428. The molecular formula is C24H26N4O2S2. The van der Waals surface area contributed by atoms with Crippen LogP contribution in [0.25, 0.3) is 0 Å². The van der Waals surface area contributed by atoms with E-state index in [1.165, 1.54) is 29.5 Å². The number of thioether (sulfide) groups is 1. The van der Waals surface area contributed by atoms with E-state index in [1.54, 1.807) is 0 Å². The maximum Gasteiger partial charge on any atom is 0.244 e. The molecule has 0 aliphatic heterocycles. The normalized spacial score (nSPS) is 15.2. The molecule has 2 amide bonds. The van der Waals surface area contributed by atoms with E-state index in [9.17, 15) is 9.59 Å². The average molecular weight is 467 g/mol. The highest BCUT2D eigenvalue weighted by Gasteiger charge is 2.24. The van der Waals surface area contributed by atoms with Gasteiger partial charge in [-0.3, -0.25) is 14.9 Å². The van der Waals surface area contributed by atoms with Crippen molar-refractivity contribution in [3.05, 3.63) is 65.2 Å². The minimum absolute atomic E-state index is 0.0934. The number of hydrogen-bond acceptors (Lipinski definition) is 6. The second-order valence-corrected chi connectivity index (χ2v) is 10.2. The standard InChI is InChI=1S/C24H26N4O2S2/c1-16-27-28-24(31-16)26-23(30)21(17-9-4-2-5-10-17)32-20-14-8-13-19(15-20)25-22(29)18-11-6-3-7-12-18/h2,4-5,8-10,13-15,18,21H,3,6-7,11-12H2,1H3,(H,25,29)(H,26,28,30). The Balaban J connectivity index is 1.49. The first-order valence-corrected chi connectivity index (χ1v) is 12.5. The molecule has 1 aromatic heterocycles. The molecule has 0 bridgehead atoms. The van der Waals surface area contributed by atoms with Crippen molar-refractivity contribution < 1.29 is 9.59 Å². The van der Waals surface area contributed by atoms with Crippen LogP contribution in [-0.4, -0.2) is 22.0 Å². The van der Waals surface area contributed by atoms with E-state index in [0.29, 0.717) is 5.13 Å². The van der Waals surface area contributed by atoms with E-state index in [4.69, 9.17) is 0 Å². The number of rotatable bonds is 7. The number of amides is 2. The SMILES string of the molecule is Cc1nnc(NC(=O)C(Sc2cccc(NC(=O)C3CCCCC3)c2)c2ccccc2)s1. The van der Waals surface area contributed by atoms with Gasteiger partial charge in [-0.1, -0.05) is 67.0 Å². The van der Waals surface area contributed by atoms with Crippen molar-refractivity contribution in [3.63, 3.8) is 0 Å². The number of carbonyl (C=O) groups is 2. The van der Waals surface area contributed by atoms with E-state index in [0.717, 1.165) is 46.8 Å². The molecule has 0 radical (unpaired) electrons. The van der Waals surface area contributed by atoms with Crippen molar-refractivity contribution in [3.8, 4) is 0 Å². The Morgan fingerprint density at radius 2 is 1.78 bits per heavy atom. The van der Waals surface area contributed by atoms with Gasteiger partial charge in [0.25, 0.3) is 0 Å². The first-order valence-electron chi connectivity index (χ1n) is 10.8. The number of hydrogen-bond donors (Lipinski definition) is 2. The highest BCUT2D eigenvalue weighted by atomic mass is 32.2. The molecule has 2 N–H and O–H groups in total. The molecule has 8 heteroatoms. The zero-order chi connectivity index (χ0) is 22.3. The lowest BCUT2D eigenvalue weighted by molar-refractivity contribution is -0.120. The van der Waals surface area contributed by atoms with Gasteiger partial charge in [0.05, 0.1) is 0 Å². The van der Waals surface area contributed by atoms with Crippen LogP contribution in [0.5, 0.6) is 0 Å².